The van der Waals surface area contributed by atoms with E-state index in [0.29, 0.717) is 22.0 Å². The van der Waals surface area contributed by atoms with Gasteiger partial charge in [-0.3, -0.25) is 9.69 Å². The molecular weight excluding hydrogens is 574 g/mol. The maximum Gasteiger partial charge on any atom is 0.512 e. The number of aromatic nitrogens is 4. The lowest BCUT2D eigenvalue weighted by molar-refractivity contribution is -0.144. The van der Waals surface area contributed by atoms with E-state index in [-0.39, 0.29) is 40.1 Å². The Morgan fingerprint density at radius 3 is 2.77 bits per heavy atom. The van der Waals surface area contributed by atoms with Crippen LogP contribution in [0.1, 0.15) is 11.5 Å². The molecule has 0 bridgehead atoms. The van der Waals surface area contributed by atoms with Crippen LogP contribution in [0.3, 0.4) is 0 Å². The van der Waals surface area contributed by atoms with Gasteiger partial charge in [-0.25, -0.2) is 22.9 Å². The number of sulfonamides is 1. The number of amides is 1. The number of nitrogens with two attached hydrogens (primary N) is 1. The average molecular weight is 596 g/mol. The number of fused-ring (bicyclic) bond motifs is 2. The zero-order valence-corrected chi connectivity index (χ0v) is 22.5. The van der Waals surface area contributed by atoms with Gasteiger partial charge in [-0.1, -0.05) is 0 Å². The summed E-state index contributed by atoms with van der Waals surface area (Å²) in [5.41, 5.74) is 7.02. The molecule has 6 N–H and O–H groups in total. The van der Waals surface area contributed by atoms with Crippen molar-refractivity contribution in [3.8, 4) is 11.5 Å². The van der Waals surface area contributed by atoms with Crippen LogP contribution in [-0.2, 0) is 26.1 Å². The highest BCUT2D eigenvalue weighted by atomic mass is 32.2. The van der Waals surface area contributed by atoms with Crippen molar-refractivity contribution in [2.45, 2.75) is 34.8 Å². The number of aryl methyl sites for hydroxylation is 1. The van der Waals surface area contributed by atoms with Crippen LogP contribution < -0.4 is 10.5 Å². The number of hydrogen-bond donors (Lipinski definition) is 5. The number of carboxylic acid groups (broad SMARTS) is 1. The zero-order valence-electron chi connectivity index (χ0n) is 20.0. The Bertz CT molecular complexity index is 1640. The summed E-state index contributed by atoms with van der Waals surface area (Å²) in [5.74, 6) is -0.495. The van der Waals surface area contributed by atoms with Crippen molar-refractivity contribution in [2.75, 3.05) is 11.5 Å². The summed E-state index contributed by atoms with van der Waals surface area (Å²) in [5, 5.41) is 32.8. The van der Waals surface area contributed by atoms with Crippen LogP contribution in [0, 0.1) is 6.92 Å². The molecule has 0 aliphatic carbocycles. The topological polar surface area (TPSA) is 223 Å². The molecule has 4 heterocycles. The molecule has 1 fully saturated rings. The Kier molecular flexibility index (Phi) is 7.06. The third kappa shape index (κ3) is 5.20. The molecule has 206 valence electrons. The molecular formula is C21H21N7O8S3. The van der Waals surface area contributed by atoms with E-state index in [4.69, 9.17) is 10.5 Å². The van der Waals surface area contributed by atoms with Crippen LogP contribution in [0.25, 0.3) is 5.78 Å². The van der Waals surface area contributed by atoms with Crippen LogP contribution in [-0.4, -0.2) is 83.2 Å². The Balaban J connectivity index is 1.36. The third-order valence-electron chi connectivity index (χ3n) is 5.74. The van der Waals surface area contributed by atoms with Gasteiger partial charge in [-0.15, -0.1) is 28.6 Å². The van der Waals surface area contributed by atoms with Crippen molar-refractivity contribution < 1.29 is 38.1 Å². The molecule has 2 aliphatic heterocycles. The number of aromatic hydroxyl groups is 2. The molecule has 3 aromatic rings. The summed E-state index contributed by atoms with van der Waals surface area (Å²) >= 11 is 2.70. The normalized spacial score (nSPS) is 19.2. The van der Waals surface area contributed by atoms with Crippen LogP contribution in [0.4, 0.5) is 4.79 Å². The van der Waals surface area contributed by atoms with Crippen molar-refractivity contribution >= 4 is 51.4 Å². The third-order valence-corrected chi connectivity index (χ3v) is 9.58. The average Bonchev–Trinajstić information content (AvgIpc) is 3.30. The highest BCUT2D eigenvalue weighted by Gasteiger charge is 2.51. The number of benzene rings is 1. The quantitative estimate of drug-likeness (QED) is 0.0789. The molecule has 0 unspecified atom stereocenters. The SMILES string of the molecule is Cc1cc(SCC2=C(OC(=O)O)N3C(=O)[C@@H](N)[C@H]3SC2)n2nc(CNS(=O)(=O)c3ccc(O)c(O)c3)nc2n1. The number of β-lactam (4-membered cyclic amide) rings is 1. The fourth-order valence-corrected chi connectivity index (χ4v) is 7.30. The number of phenols is 2. The first-order chi connectivity index (χ1) is 18.4. The molecule has 2 atom stereocenters. The first kappa shape index (κ1) is 27.0. The molecule has 0 radical (unpaired) electrons. The van der Waals surface area contributed by atoms with E-state index in [1.807, 2.05) is 0 Å². The lowest BCUT2D eigenvalue weighted by atomic mass is 10.1. The largest absolute Gasteiger partial charge is 0.512 e. The Morgan fingerprint density at radius 1 is 1.28 bits per heavy atom. The summed E-state index contributed by atoms with van der Waals surface area (Å²) in [6.45, 7) is 1.46. The van der Waals surface area contributed by atoms with Crippen molar-refractivity contribution in [3.63, 3.8) is 0 Å². The minimum Gasteiger partial charge on any atom is -0.504 e. The predicted molar refractivity (Wildman–Crippen MR) is 137 cm³/mol. The van der Waals surface area contributed by atoms with Crippen molar-refractivity contribution in [2.24, 2.45) is 5.73 Å². The van der Waals surface area contributed by atoms with E-state index in [1.165, 1.54) is 32.9 Å². The fraction of sp³-hybridized carbons (Fsp3) is 0.286. The van der Waals surface area contributed by atoms with Gasteiger partial charge < -0.3 is 25.8 Å². The van der Waals surface area contributed by atoms with Gasteiger partial charge in [-0.05, 0) is 25.1 Å². The molecule has 2 aromatic heterocycles. The first-order valence-corrected chi connectivity index (χ1v) is 14.7. The number of ether oxygens (including phenoxy) is 1. The number of nitrogens with zero attached hydrogens (tertiary/aromatic N) is 5. The van der Waals surface area contributed by atoms with Crippen LogP contribution in [0.15, 0.2) is 45.6 Å². The lowest BCUT2D eigenvalue weighted by Gasteiger charge is -2.47. The summed E-state index contributed by atoms with van der Waals surface area (Å²) in [6, 6.07) is 4.13. The molecule has 5 rings (SSSR count). The molecule has 0 saturated carbocycles. The lowest BCUT2D eigenvalue weighted by Crippen LogP contribution is -2.68. The van der Waals surface area contributed by atoms with Crippen molar-refractivity contribution in [1.29, 1.82) is 0 Å². The van der Waals surface area contributed by atoms with Gasteiger partial charge in [0, 0.05) is 28.8 Å². The molecule has 2 aliphatic rings. The minimum atomic E-state index is -4.05. The second kappa shape index (κ2) is 10.2. The monoisotopic (exact) mass is 595 g/mol. The number of carbonyl (C=O) groups is 2. The standard InChI is InChI=1S/C21H21N7O8S3/c1-9-4-15(37-7-10-8-38-19-16(22)17(31)27(19)18(10)36-21(32)33)28-20(24-9)25-14(26-28)6-23-39(34,35)11-2-3-12(29)13(30)5-11/h2-5,16,19,23,29-30H,6-8,22H2,1H3,(H,32,33)/t16-,19-/m1/s1. The van der Waals surface area contributed by atoms with Crippen LogP contribution in [0.5, 0.6) is 11.5 Å². The Morgan fingerprint density at radius 2 is 2.05 bits per heavy atom. The van der Waals surface area contributed by atoms with E-state index < -0.39 is 39.6 Å². The molecule has 39 heavy (non-hydrogen) atoms. The van der Waals surface area contributed by atoms with Crippen molar-refractivity contribution in [1.82, 2.24) is 29.2 Å². The van der Waals surface area contributed by atoms with E-state index in [9.17, 15) is 33.3 Å². The van der Waals surface area contributed by atoms with Gasteiger partial charge in [0.15, 0.2) is 17.3 Å². The van der Waals surface area contributed by atoms with Crippen LogP contribution >= 0.6 is 23.5 Å². The van der Waals surface area contributed by atoms with Gasteiger partial charge in [0.1, 0.15) is 16.4 Å². The molecule has 18 heteroatoms. The second-order valence-electron chi connectivity index (χ2n) is 8.45. The van der Waals surface area contributed by atoms with Gasteiger partial charge in [0.2, 0.25) is 21.8 Å². The second-order valence-corrected chi connectivity index (χ2v) is 12.3. The maximum absolute atomic E-state index is 12.6. The fourth-order valence-electron chi connectivity index (χ4n) is 3.85. The van der Waals surface area contributed by atoms with Gasteiger partial charge in [0.25, 0.3) is 5.78 Å². The minimum absolute atomic E-state index is 0.0403. The molecule has 15 nitrogen and oxygen atoms in total. The molecule has 1 saturated heterocycles. The van der Waals surface area contributed by atoms with E-state index in [0.717, 1.165) is 18.2 Å². The number of phenolic OH excluding ortho intramolecular Hbond substituents is 2. The van der Waals surface area contributed by atoms with Gasteiger partial charge in [-0.2, -0.15) is 9.50 Å². The summed E-state index contributed by atoms with van der Waals surface area (Å²) in [7, 11) is -4.05. The Hall–Kier alpha value is -3.58. The van der Waals surface area contributed by atoms with Crippen molar-refractivity contribution in [3.05, 3.63) is 47.2 Å². The first-order valence-electron chi connectivity index (χ1n) is 11.2. The van der Waals surface area contributed by atoms with Gasteiger partial charge >= 0.3 is 6.16 Å². The van der Waals surface area contributed by atoms with Gasteiger partial charge in [0.05, 0.1) is 11.4 Å². The summed E-state index contributed by atoms with van der Waals surface area (Å²) in [4.78, 5) is 33.2. The van der Waals surface area contributed by atoms with E-state index in [1.54, 1.807) is 13.0 Å². The number of nitrogens with one attached hydrogen (secondary N) is 1. The summed E-state index contributed by atoms with van der Waals surface area (Å²) in [6.07, 6.45) is -1.54. The zero-order chi connectivity index (χ0) is 28.1. The predicted octanol–water partition coefficient (Wildman–Crippen LogP) is 0.563. The maximum atomic E-state index is 12.6. The number of rotatable bonds is 8. The highest BCUT2D eigenvalue weighted by Crippen LogP contribution is 2.41. The number of thioether (sulfide) groups is 2. The Labute approximate surface area is 229 Å². The number of carbonyl (C=O) groups excluding carboxylic acids is 1. The van der Waals surface area contributed by atoms with E-state index >= 15 is 0 Å². The molecule has 0 spiro atoms. The smallest absolute Gasteiger partial charge is 0.504 e. The highest BCUT2D eigenvalue weighted by molar-refractivity contribution is 8.01. The van der Waals surface area contributed by atoms with Crippen LogP contribution in [0.2, 0.25) is 0 Å². The molecule has 1 aromatic carbocycles. The summed E-state index contributed by atoms with van der Waals surface area (Å²) < 4.78 is 33.9. The molecule has 1 amide bonds. The van der Waals surface area contributed by atoms with E-state index in [2.05, 4.69) is 19.8 Å². The number of hydrogen-bond acceptors (Lipinski definition) is 13.